The van der Waals surface area contributed by atoms with E-state index in [-0.39, 0.29) is 24.3 Å². The number of urea groups is 1. The molecule has 2 fully saturated rings. The van der Waals surface area contributed by atoms with Gasteiger partial charge in [-0.1, -0.05) is 25.8 Å². The molecule has 0 unspecified atom stereocenters. The molecule has 0 bridgehead atoms. The molecule has 2 atom stereocenters. The lowest BCUT2D eigenvalue weighted by molar-refractivity contribution is -0.140. The van der Waals surface area contributed by atoms with E-state index in [2.05, 4.69) is 5.32 Å². The SMILES string of the molecule is C[C@@H]1CCCC[C@]12NC(=O)N(CC(=O)N(C)Cc1ccc3c(c1)OCCO3)C2=O. The van der Waals surface area contributed by atoms with Gasteiger partial charge in [-0.3, -0.25) is 14.5 Å². The van der Waals surface area contributed by atoms with Crippen LogP contribution in [-0.4, -0.2) is 60.0 Å². The van der Waals surface area contributed by atoms with Crippen molar-refractivity contribution in [1.29, 1.82) is 0 Å². The van der Waals surface area contributed by atoms with Crippen molar-refractivity contribution in [3.63, 3.8) is 0 Å². The number of carbonyl (C=O) groups is 3. The molecule has 2 aliphatic heterocycles. The van der Waals surface area contributed by atoms with E-state index in [0.29, 0.717) is 37.7 Å². The highest BCUT2D eigenvalue weighted by Gasteiger charge is 2.55. The number of amides is 4. The summed E-state index contributed by atoms with van der Waals surface area (Å²) in [6.45, 7) is 3.12. The topological polar surface area (TPSA) is 88.2 Å². The van der Waals surface area contributed by atoms with Crippen molar-refractivity contribution in [1.82, 2.24) is 15.1 Å². The van der Waals surface area contributed by atoms with Crippen LogP contribution in [0.3, 0.4) is 0 Å². The summed E-state index contributed by atoms with van der Waals surface area (Å²) in [7, 11) is 1.66. The number of nitrogens with one attached hydrogen (secondary N) is 1. The number of imide groups is 1. The standard InChI is InChI=1S/C21H27N3O5/c1-14-5-3-4-8-21(14)19(26)24(20(27)22-21)13-18(25)23(2)12-15-6-7-16-17(11-15)29-10-9-28-16/h6-7,11,14H,3-5,8-10,12-13H2,1-2H3,(H,22,27)/t14-,21+/m1/s1. The average Bonchev–Trinajstić information content (AvgIpc) is 2.95. The number of ether oxygens (including phenoxy) is 2. The van der Waals surface area contributed by atoms with Gasteiger partial charge in [-0.15, -0.1) is 0 Å². The van der Waals surface area contributed by atoms with E-state index in [4.69, 9.17) is 9.47 Å². The number of rotatable bonds is 4. The van der Waals surface area contributed by atoms with E-state index >= 15 is 0 Å². The average molecular weight is 401 g/mol. The summed E-state index contributed by atoms with van der Waals surface area (Å²) in [5, 5.41) is 2.88. The van der Waals surface area contributed by atoms with E-state index in [1.807, 2.05) is 25.1 Å². The maximum atomic E-state index is 13.0. The Labute approximate surface area is 170 Å². The predicted octanol–water partition coefficient (Wildman–Crippen LogP) is 1.92. The highest BCUT2D eigenvalue weighted by molar-refractivity contribution is 6.09. The third-order valence-corrected chi connectivity index (χ3v) is 6.25. The molecule has 0 radical (unpaired) electrons. The van der Waals surface area contributed by atoms with Gasteiger partial charge in [-0.05, 0) is 36.5 Å². The summed E-state index contributed by atoms with van der Waals surface area (Å²) in [6.07, 6.45) is 3.50. The second kappa shape index (κ2) is 7.57. The molecular weight excluding hydrogens is 374 g/mol. The summed E-state index contributed by atoms with van der Waals surface area (Å²) in [5.41, 5.74) is 0.0453. The van der Waals surface area contributed by atoms with E-state index in [1.54, 1.807) is 7.05 Å². The van der Waals surface area contributed by atoms with Crippen molar-refractivity contribution in [2.24, 2.45) is 5.92 Å². The fourth-order valence-electron chi connectivity index (χ4n) is 4.44. The summed E-state index contributed by atoms with van der Waals surface area (Å²) in [4.78, 5) is 40.8. The fourth-order valence-corrected chi connectivity index (χ4v) is 4.44. The number of fused-ring (bicyclic) bond motifs is 1. The van der Waals surface area contributed by atoms with Crippen molar-refractivity contribution < 1.29 is 23.9 Å². The quantitative estimate of drug-likeness (QED) is 0.779. The van der Waals surface area contributed by atoms with Gasteiger partial charge < -0.3 is 19.7 Å². The van der Waals surface area contributed by atoms with E-state index < -0.39 is 11.6 Å². The smallest absolute Gasteiger partial charge is 0.325 e. The van der Waals surface area contributed by atoms with Gasteiger partial charge in [0, 0.05) is 13.6 Å². The van der Waals surface area contributed by atoms with Crippen LogP contribution in [0, 0.1) is 5.92 Å². The molecule has 4 rings (SSSR count). The lowest BCUT2D eigenvalue weighted by atomic mass is 9.73. The van der Waals surface area contributed by atoms with Crippen LogP contribution in [-0.2, 0) is 16.1 Å². The lowest BCUT2D eigenvalue weighted by Crippen LogP contribution is -2.54. The first kappa shape index (κ1) is 19.5. The van der Waals surface area contributed by atoms with Gasteiger partial charge in [0.15, 0.2) is 11.5 Å². The van der Waals surface area contributed by atoms with Crippen LogP contribution in [0.15, 0.2) is 18.2 Å². The number of hydrogen-bond donors (Lipinski definition) is 1. The molecule has 1 N–H and O–H groups in total. The first-order chi connectivity index (χ1) is 13.9. The molecule has 8 heteroatoms. The molecule has 3 aliphatic rings. The Kier molecular flexibility index (Phi) is 5.10. The Morgan fingerprint density at radius 3 is 2.76 bits per heavy atom. The van der Waals surface area contributed by atoms with Crippen molar-refractivity contribution in [2.75, 3.05) is 26.8 Å². The second-order valence-corrected chi connectivity index (χ2v) is 8.17. The summed E-state index contributed by atoms with van der Waals surface area (Å²) >= 11 is 0. The lowest BCUT2D eigenvalue weighted by Gasteiger charge is -2.36. The zero-order chi connectivity index (χ0) is 20.6. The molecule has 1 saturated carbocycles. The zero-order valence-corrected chi connectivity index (χ0v) is 16.9. The molecule has 8 nitrogen and oxygen atoms in total. The van der Waals surface area contributed by atoms with Gasteiger partial charge in [-0.25, -0.2) is 4.79 Å². The molecule has 4 amide bonds. The minimum Gasteiger partial charge on any atom is -0.486 e. The number of hydrogen-bond acceptors (Lipinski definition) is 5. The van der Waals surface area contributed by atoms with Gasteiger partial charge in [0.2, 0.25) is 5.91 Å². The van der Waals surface area contributed by atoms with Crippen LogP contribution in [0.2, 0.25) is 0 Å². The molecule has 2 heterocycles. The minimum absolute atomic E-state index is 0.0724. The van der Waals surface area contributed by atoms with Gasteiger partial charge >= 0.3 is 6.03 Å². The maximum Gasteiger partial charge on any atom is 0.325 e. The molecule has 1 aliphatic carbocycles. The second-order valence-electron chi connectivity index (χ2n) is 8.17. The highest BCUT2D eigenvalue weighted by Crippen LogP contribution is 2.38. The van der Waals surface area contributed by atoms with E-state index in [1.165, 1.54) is 4.90 Å². The minimum atomic E-state index is -0.843. The van der Waals surface area contributed by atoms with Gasteiger partial charge in [0.1, 0.15) is 25.3 Å². The monoisotopic (exact) mass is 401 g/mol. The number of nitrogens with zero attached hydrogens (tertiary/aromatic N) is 2. The van der Waals surface area contributed by atoms with Crippen LogP contribution < -0.4 is 14.8 Å². The molecule has 0 aromatic heterocycles. The van der Waals surface area contributed by atoms with Crippen LogP contribution in [0.5, 0.6) is 11.5 Å². The Morgan fingerprint density at radius 1 is 1.24 bits per heavy atom. The highest BCUT2D eigenvalue weighted by atomic mass is 16.6. The van der Waals surface area contributed by atoms with Crippen molar-refractivity contribution >= 4 is 17.8 Å². The first-order valence-electron chi connectivity index (χ1n) is 10.2. The van der Waals surface area contributed by atoms with Crippen LogP contribution in [0.25, 0.3) is 0 Å². The van der Waals surface area contributed by atoms with Gasteiger partial charge in [0.25, 0.3) is 5.91 Å². The molecule has 1 aromatic carbocycles. The molecule has 1 saturated heterocycles. The Bertz CT molecular complexity index is 842. The van der Waals surface area contributed by atoms with Crippen LogP contribution in [0.4, 0.5) is 4.79 Å². The van der Waals surface area contributed by atoms with Crippen molar-refractivity contribution in [3.8, 4) is 11.5 Å². The fraction of sp³-hybridized carbons (Fsp3) is 0.571. The summed E-state index contributed by atoms with van der Waals surface area (Å²) in [6, 6.07) is 5.09. The normalized spacial score (nSPS) is 25.9. The van der Waals surface area contributed by atoms with Crippen LogP contribution >= 0.6 is 0 Å². The predicted molar refractivity (Wildman–Crippen MR) is 105 cm³/mol. The number of benzene rings is 1. The molecule has 1 aromatic rings. The Balaban J connectivity index is 1.41. The Morgan fingerprint density at radius 2 is 2.00 bits per heavy atom. The molecule has 156 valence electrons. The van der Waals surface area contributed by atoms with E-state index in [0.717, 1.165) is 29.7 Å². The van der Waals surface area contributed by atoms with Crippen LogP contribution in [0.1, 0.15) is 38.2 Å². The maximum absolute atomic E-state index is 13.0. The van der Waals surface area contributed by atoms with Crippen molar-refractivity contribution in [2.45, 2.75) is 44.7 Å². The van der Waals surface area contributed by atoms with Gasteiger partial charge in [-0.2, -0.15) is 0 Å². The summed E-state index contributed by atoms with van der Waals surface area (Å²) in [5.74, 6) is 0.875. The molecule has 1 spiro atoms. The zero-order valence-electron chi connectivity index (χ0n) is 16.9. The van der Waals surface area contributed by atoms with Crippen molar-refractivity contribution in [3.05, 3.63) is 23.8 Å². The summed E-state index contributed by atoms with van der Waals surface area (Å²) < 4.78 is 11.1. The largest absolute Gasteiger partial charge is 0.486 e. The third kappa shape index (κ3) is 3.52. The Hall–Kier alpha value is -2.77. The first-order valence-corrected chi connectivity index (χ1v) is 10.2. The van der Waals surface area contributed by atoms with Gasteiger partial charge in [0.05, 0.1) is 0 Å². The molecular formula is C21H27N3O5. The van der Waals surface area contributed by atoms with E-state index in [9.17, 15) is 14.4 Å². The number of likely N-dealkylation sites (N-methyl/N-ethyl adjacent to an activating group) is 1. The third-order valence-electron chi connectivity index (χ3n) is 6.25. The molecule has 29 heavy (non-hydrogen) atoms. The number of carbonyl (C=O) groups excluding carboxylic acids is 3.